The molecule has 0 aliphatic heterocycles. The van der Waals surface area contributed by atoms with Crippen LogP contribution in [-0.2, 0) is 0 Å². The van der Waals surface area contributed by atoms with Crippen LogP contribution in [-0.4, -0.2) is 17.1 Å². The first-order chi connectivity index (χ1) is 4.75. The number of rotatable bonds is 1. The molecule has 4 heteroatoms. The summed E-state index contributed by atoms with van der Waals surface area (Å²) in [6.07, 6.45) is 1.23. The smallest absolute Gasteiger partial charge is 0.240 e. The normalized spacial score (nSPS) is 10.6. The van der Waals surface area contributed by atoms with Gasteiger partial charge in [-0.25, -0.2) is 9.97 Å². The van der Waals surface area contributed by atoms with Crippen LogP contribution >= 0.6 is 0 Å². The van der Waals surface area contributed by atoms with Crippen molar-refractivity contribution in [1.29, 1.82) is 0 Å². The summed E-state index contributed by atoms with van der Waals surface area (Å²) in [5.74, 6) is 0.250. The molecule has 1 heterocycles. The Morgan fingerprint density at radius 3 is 3.22 bits per heavy atom. The lowest BCUT2D eigenvalue weighted by Crippen LogP contribution is -1.94. The molecule has 0 saturated heterocycles. The maximum absolute atomic E-state index is 7.11. The highest BCUT2D eigenvalue weighted by molar-refractivity contribution is 5.44. The highest BCUT2D eigenvalue weighted by Gasteiger charge is 1.95. The molecule has 48 valence electrons. The van der Waals surface area contributed by atoms with Gasteiger partial charge in [0.2, 0.25) is 5.88 Å². The molecule has 1 aromatic heterocycles. The predicted molar refractivity (Wildman–Crippen MR) is 33.0 cm³/mol. The second kappa shape index (κ2) is 2.30. The van der Waals surface area contributed by atoms with Crippen molar-refractivity contribution in [2.45, 2.75) is 0 Å². The summed E-state index contributed by atoms with van der Waals surface area (Å²) in [6.45, 7) is 0. The van der Waals surface area contributed by atoms with Crippen molar-refractivity contribution in [3.8, 4) is 5.88 Å². The molecule has 0 atom stereocenters. The van der Waals surface area contributed by atoms with E-state index in [4.69, 9.17) is 11.8 Å². The van der Waals surface area contributed by atoms with E-state index in [9.17, 15) is 0 Å². The third kappa shape index (κ3) is 1.07. The van der Waals surface area contributed by atoms with Crippen molar-refractivity contribution >= 4 is 5.69 Å². The third-order valence-corrected chi connectivity index (χ3v) is 0.841. The zero-order valence-corrected chi connectivity index (χ0v) is 4.96. The number of nitrogens with two attached hydrogens (primary N) is 1. The zero-order valence-electron chi connectivity index (χ0n) is 5.96. The standard InChI is InChI=1S/C5H7N3O/c1-9-5-4(6)2-7-3-8-5/h2-3H,6H2,1H3/i2D. The number of anilines is 1. The Kier molecular flexibility index (Phi) is 1.16. The Morgan fingerprint density at radius 1 is 1.89 bits per heavy atom. The zero-order chi connectivity index (χ0) is 7.56. The molecule has 0 aromatic carbocycles. The molecule has 0 amide bonds. The number of nitrogens with zero attached hydrogens (tertiary/aromatic N) is 2. The summed E-state index contributed by atoms with van der Waals surface area (Å²) in [4.78, 5) is 7.22. The third-order valence-electron chi connectivity index (χ3n) is 0.841. The number of methoxy groups -OCH3 is 1. The van der Waals surface area contributed by atoms with E-state index >= 15 is 0 Å². The van der Waals surface area contributed by atoms with Gasteiger partial charge in [0.05, 0.1) is 14.7 Å². The summed E-state index contributed by atoms with van der Waals surface area (Å²) in [6, 6.07) is 0. The van der Waals surface area contributed by atoms with E-state index in [1.807, 2.05) is 0 Å². The molecule has 0 spiro atoms. The molecule has 0 fully saturated rings. The maximum atomic E-state index is 7.11. The molecule has 1 aromatic rings. The minimum atomic E-state index is -0.00755. The van der Waals surface area contributed by atoms with Gasteiger partial charge in [0.25, 0.3) is 0 Å². The van der Waals surface area contributed by atoms with Gasteiger partial charge in [-0.3, -0.25) is 0 Å². The molecular weight excluding hydrogens is 118 g/mol. The largest absolute Gasteiger partial charge is 0.479 e. The van der Waals surface area contributed by atoms with Crippen LogP contribution in [0.3, 0.4) is 0 Å². The number of ether oxygens (including phenoxy) is 1. The summed E-state index contributed by atoms with van der Waals surface area (Å²) < 4.78 is 11.8. The molecule has 0 radical (unpaired) electrons. The minimum Gasteiger partial charge on any atom is -0.479 e. The van der Waals surface area contributed by atoms with Crippen LogP contribution < -0.4 is 10.5 Å². The molecule has 0 unspecified atom stereocenters. The van der Waals surface area contributed by atoms with E-state index in [1.165, 1.54) is 13.4 Å². The highest BCUT2D eigenvalue weighted by atomic mass is 16.5. The van der Waals surface area contributed by atoms with Gasteiger partial charge >= 0.3 is 0 Å². The minimum absolute atomic E-state index is 0.00755. The van der Waals surface area contributed by atoms with Crippen molar-refractivity contribution in [2.75, 3.05) is 12.8 Å². The lowest BCUT2D eigenvalue weighted by atomic mass is 10.5. The first-order valence-electron chi connectivity index (χ1n) is 2.86. The average Bonchev–Trinajstić information content (AvgIpc) is 1.95. The second-order valence-corrected chi connectivity index (χ2v) is 1.41. The van der Waals surface area contributed by atoms with Crippen molar-refractivity contribution in [3.05, 3.63) is 12.5 Å². The van der Waals surface area contributed by atoms with Crippen LogP contribution in [0.15, 0.2) is 12.5 Å². The fraction of sp³-hybridized carbons (Fsp3) is 0.200. The van der Waals surface area contributed by atoms with Gasteiger partial charge in [-0.2, -0.15) is 0 Å². The Hall–Kier alpha value is -1.32. The van der Waals surface area contributed by atoms with E-state index in [0.717, 1.165) is 0 Å². The lowest BCUT2D eigenvalue weighted by Gasteiger charge is -1.98. The Balaban J connectivity index is 3.14. The van der Waals surface area contributed by atoms with Crippen LogP contribution in [0.1, 0.15) is 1.37 Å². The number of hydrogen-bond donors (Lipinski definition) is 1. The Labute approximate surface area is 54.1 Å². The summed E-state index contributed by atoms with van der Waals surface area (Å²) in [7, 11) is 1.44. The van der Waals surface area contributed by atoms with Crippen LogP contribution in [0.4, 0.5) is 5.69 Å². The van der Waals surface area contributed by atoms with Crippen LogP contribution in [0, 0.1) is 0 Å². The quantitative estimate of drug-likeness (QED) is 0.578. The SMILES string of the molecule is [2H]c1ncnc(OC)c1N. The predicted octanol–water partition coefficient (Wildman–Crippen LogP) is 0.0674. The molecule has 4 nitrogen and oxygen atoms in total. The van der Waals surface area contributed by atoms with Gasteiger partial charge in [-0.05, 0) is 0 Å². The first kappa shape index (κ1) is 4.55. The number of hydrogen-bond acceptors (Lipinski definition) is 4. The van der Waals surface area contributed by atoms with Crippen LogP contribution in [0.25, 0.3) is 0 Å². The first-order valence-corrected chi connectivity index (χ1v) is 2.36. The molecule has 9 heavy (non-hydrogen) atoms. The van der Waals surface area contributed by atoms with Crippen molar-refractivity contribution < 1.29 is 6.11 Å². The molecule has 0 aliphatic rings. The summed E-state index contributed by atoms with van der Waals surface area (Å²) in [5.41, 5.74) is 5.53. The lowest BCUT2D eigenvalue weighted by molar-refractivity contribution is 0.399. The number of aromatic nitrogens is 2. The number of nitrogen functional groups attached to an aromatic ring is 1. The fourth-order valence-electron chi connectivity index (χ4n) is 0.460. The van der Waals surface area contributed by atoms with Gasteiger partial charge in [0.15, 0.2) is 0 Å². The van der Waals surface area contributed by atoms with Gasteiger partial charge in [0, 0.05) is 0 Å². The van der Waals surface area contributed by atoms with Gasteiger partial charge in [0.1, 0.15) is 12.0 Å². The molecule has 0 bridgehead atoms. The molecule has 0 aliphatic carbocycles. The summed E-state index contributed by atoms with van der Waals surface area (Å²) in [5, 5.41) is 0. The van der Waals surface area contributed by atoms with Crippen molar-refractivity contribution in [1.82, 2.24) is 9.97 Å². The van der Waals surface area contributed by atoms with Crippen molar-refractivity contribution in [2.24, 2.45) is 0 Å². The molecular formula is C5H7N3O. The van der Waals surface area contributed by atoms with Gasteiger partial charge in [-0.15, -0.1) is 0 Å². The molecule has 0 saturated carbocycles. The molecule has 1 rings (SSSR count). The van der Waals surface area contributed by atoms with Gasteiger partial charge in [-0.1, -0.05) is 0 Å². The topological polar surface area (TPSA) is 61.0 Å². The Bertz CT molecular complexity index is 240. The fourth-order valence-corrected chi connectivity index (χ4v) is 0.460. The van der Waals surface area contributed by atoms with E-state index in [0.29, 0.717) is 0 Å². The summed E-state index contributed by atoms with van der Waals surface area (Å²) >= 11 is 0. The van der Waals surface area contributed by atoms with Gasteiger partial charge < -0.3 is 10.5 Å². The van der Waals surface area contributed by atoms with Crippen LogP contribution in [0.2, 0.25) is 0 Å². The second-order valence-electron chi connectivity index (χ2n) is 1.41. The maximum Gasteiger partial charge on any atom is 0.240 e. The van der Waals surface area contributed by atoms with E-state index in [-0.39, 0.29) is 17.7 Å². The van der Waals surface area contributed by atoms with Crippen molar-refractivity contribution in [3.63, 3.8) is 0 Å². The van der Waals surface area contributed by atoms with E-state index in [1.54, 1.807) is 0 Å². The van der Waals surface area contributed by atoms with Crippen LogP contribution in [0.5, 0.6) is 5.88 Å². The Morgan fingerprint density at radius 2 is 2.67 bits per heavy atom. The average molecular weight is 126 g/mol. The highest BCUT2D eigenvalue weighted by Crippen LogP contribution is 2.12. The molecule has 2 N–H and O–H groups in total. The van der Waals surface area contributed by atoms with E-state index in [2.05, 4.69) is 9.97 Å². The van der Waals surface area contributed by atoms with E-state index < -0.39 is 0 Å². The monoisotopic (exact) mass is 126 g/mol.